The predicted octanol–water partition coefficient (Wildman–Crippen LogP) is 2.76. The number of fused-ring (bicyclic) bond motifs is 2. The Balaban J connectivity index is 1.60. The molecule has 0 fully saturated rings. The van der Waals surface area contributed by atoms with E-state index in [-0.39, 0.29) is 23.8 Å². The third kappa shape index (κ3) is 3.29. The molecule has 1 aliphatic rings. The molecule has 0 bridgehead atoms. The second-order valence-electron chi connectivity index (χ2n) is 6.15. The number of rotatable bonds is 3. The van der Waals surface area contributed by atoms with Gasteiger partial charge in [0.2, 0.25) is 11.7 Å². The number of carbonyl (C=O) groups is 1. The van der Waals surface area contributed by atoms with Gasteiger partial charge in [-0.2, -0.15) is 18.3 Å². The summed E-state index contributed by atoms with van der Waals surface area (Å²) < 4.78 is 39.2. The lowest BCUT2D eigenvalue weighted by Gasteiger charge is -2.26. The fourth-order valence-electron chi connectivity index (χ4n) is 3.11. The van der Waals surface area contributed by atoms with E-state index < -0.39 is 12.0 Å². The van der Waals surface area contributed by atoms with Crippen molar-refractivity contribution in [2.75, 3.05) is 23.3 Å². The minimum Gasteiger partial charge on any atom is -0.360 e. The fraction of sp³-hybridized carbons (Fsp3) is 0.294. The number of nitrogens with one attached hydrogen (secondary N) is 2. The number of aromatic amines is 1. The minimum atomic E-state index is -4.68. The van der Waals surface area contributed by atoms with Crippen LogP contribution in [0.5, 0.6) is 0 Å². The Morgan fingerprint density at radius 3 is 2.89 bits per heavy atom. The molecule has 0 atom stereocenters. The van der Waals surface area contributed by atoms with E-state index in [9.17, 15) is 18.0 Å². The lowest BCUT2D eigenvalue weighted by Crippen LogP contribution is -2.39. The van der Waals surface area contributed by atoms with Crippen LogP contribution in [0.15, 0.2) is 30.5 Å². The topological polar surface area (TPSA) is 86.8 Å². The Bertz CT molecular complexity index is 1000. The van der Waals surface area contributed by atoms with Crippen LogP contribution in [-0.2, 0) is 17.4 Å². The van der Waals surface area contributed by atoms with Gasteiger partial charge in [0.1, 0.15) is 5.82 Å². The summed E-state index contributed by atoms with van der Waals surface area (Å²) in [4.78, 5) is 21.3. The molecular weight excluding hydrogens is 361 g/mol. The van der Waals surface area contributed by atoms with Gasteiger partial charge in [0.05, 0.1) is 29.6 Å². The molecule has 27 heavy (non-hydrogen) atoms. The van der Waals surface area contributed by atoms with Crippen LogP contribution in [0.25, 0.3) is 10.9 Å². The molecular formula is C17H15F3N6O. The molecule has 0 saturated heterocycles. The number of aryl methyl sites for hydroxylation is 1. The van der Waals surface area contributed by atoms with Crippen molar-refractivity contribution in [2.24, 2.45) is 0 Å². The van der Waals surface area contributed by atoms with Crippen LogP contribution in [0.1, 0.15) is 17.9 Å². The van der Waals surface area contributed by atoms with Gasteiger partial charge in [-0.3, -0.25) is 9.89 Å². The lowest BCUT2D eigenvalue weighted by atomic mass is 10.1. The Kier molecular flexibility index (Phi) is 4.17. The summed E-state index contributed by atoms with van der Waals surface area (Å²) in [6.45, 7) is 0.342. The molecule has 1 aliphatic heterocycles. The highest BCUT2D eigenvalue weighted by Crippen LogP contribution is 2.30. The molecule has 7 nitrogen and oxygen atoms in total. The second-order valence-corrected chi connectivity index (χ2v) is 6.15. The van der Waals surface area contributed by atoms with Gasteiger partial charge in [-0.25, -0.2) is 9.97 Å². The summed E-state index contributed by atoms with van der Waals surface area (Å²) in [6.07, 6.45) is -1.51. The van der Waals surface area contributed by atoms with Crippen molar-refractivity contribution in [3.8, 4) is 0 Å². The summed E-state index contributed by atoms with van der Waals surface area (Å²) in [5.41, 5.74) is 1.74. The van der Waals surface area contributed by atoms with Gasteiger partial charge in [-0.1, -0.05) is 12.1 Å². The number of aromatic nitrogens is 4. The van der Waals surface area contributed by atoms with Crippen molar-refractivity contribution in [1.29, 1.82) is 0 Å². The number of anilines is 2. The van der Waals surface area contributed by atoms with E-state index in [1.54, 1.807) is 29.3 Å². The van der Waals surface area contributed by atoms with Crippen molar-refractivity contribution >= 4 is 28.3 Å². The van der Waals surface area contributed by atoms with E-state index in [0.29, 0.717) is 17.6 Å². The largest absolute Gasteiger partial charge is 0.451 e. The number of H-pyrrole nitrogens is 1. The molecule has 0 spiro atoms. The smallest absolute Gasteiger partial charge is 0.360 e. The first-order valence-corrected chi connectivity index (χ1v) is 8.34. The molecule has 3 heterocycles. The van der Waals surface area contributed by atoms with Gasteiger partial charge in [0.15, 0.2) is 0 Å². The zero-order valence-corrected chi connectivity index (χ0v) is 14.0. The highest BCUT2D eigenvalue weighted by atomic mass is 19.4. The van der Waals surface area contributed by atoms with E-state index in [0.717, 1.165) is 18.5 Å². The first-order chi connectivity index (χ1) is 12.9. The molecule has 0 unspecified atom stereocenters. The second kappa shape index (κ2) is 6.53. The Morgan fingerprint density at radius 2 is 2.07 bits per heavy atom. The number of hydrogen-bond donors (Lipinski definition) is 2. The molecule has 10 heteroatoms. The molecule has 2 N–H and O–H groups in total. The average Bonchev–Trinajstić information content (AvgIpc) is 3.13. The van der Waals surface area contributed by atoms with Gasteiger partial charge in [-0.05, 0) is 25.0 Å². The zero-order valence-electron chi connectivity index (χ0n) is 14.0. The molecule has 1 amide bonds. The summed E-state index contributed by atoms with van der Waals surface area (Å²) in [6, 6.07) is 6.35. The van der Waals surface area contributed by atoms with E-state index in [4.69, 9.17) is 0 Å². The average molecular weight is 376 g/mol. The third-order valence-corrected chi connectivity index (χ3v) is 4.36. The Labute approximate surface area is 151 Å². The Morgan fingerprint density at radius 1 is 1.26 bits per heavy atom. The minimum absolute atomic E-state index is 0.0225. The number of para-hydroxylation sites is 1. The van der Waals surface area contributed by atoms with Gasteiger partial charge < -0.3 is 10.2 Å². The van der Waals surface area contributed by atoms with Crippen LogP contribution < -0.4 is 10.2 Å². The number of carbonyl (C=O) groups excluding carboxylic acids is 1. The number of amides is 1. The standard InChI is InChI=1S/C17H15F3N6O/c18-17(19,20)16-23-11-5-2-1-4-10(11)15(24-16)21-9-14(27)26-7-3-6-12-13(26)8-22-25-12/h1-2,4-5,8H,3,6-7,9H2,(H,22,25)(H,21,23,24). The van der Waals surface area contributed by atoms with Crippen molar-refractivity contribution < 1.29 is 18.0 Å². The van der Waals surface area contributed by atoms with Crippen molar-refractivity contribution in [1.82, 2.24) is 20.2 Å². The van der Waals surface area contributed by atoms with Crippen molar-refractivity contribution in [3.05, 3.63) is 42.0 Å². The molecule has 0 radical (unpaired) electrons. The van der Waals surface area contributed by atoms with Crippen molar-refractivity contribution in [3.63, 3.8) is 0 Å². The molecule has 1 aromatic carbocycles. The van der Waals surface area contributed by atoms with Gasteiger partial charge in [0.25, 0.3) is 0 Å². The quantitative estimate of drug-likeness (QED) is 0.734. The number of halogens is 3. The van der Waals surface area contributed by atoms with Crippen LogP contribution in [0.3, 0.4) is 0 Å². The first-order valence-electron chi connectivity index (χ1n) is 8.34. The van der Waals surface area contributed by atoms with Crippen LogP contribution in [0.2, 0.25) is 0 Å². The van der Waals surface area contributed by atoms with Gasteiger partial charge in [-0.15, -0.1) is 0 Å². The summed E-state index contributed by atoms with van der Waals surface area (Å²) in [5, 5.41) is 9.97. The number of alkyl halides is 3. The lowest BCUT2D eigenvalue weighted by molar-refractivity contribution is -0.144. The molecule has 3 aromatic rings. The summed E-state index contributed by atoms with van der Waals surface area (Å²) in [5.74, 6) is -1.54. The molecule has 140 valence electrons. The van der Waals surface area contributed by atoms with Crippen molar-refractivity contribution in [2.45, 2.75) is 19.0 Å². The zero-order chi connectivity index (χ0) is 19.0. The maximum Gasteiger partial charge on any atom is 0.451 e. The highest BCUT2D eigenvalue weighted by Gasteiger charge is 2.35. The summed E-state index contributed by atoms with van der Waals surface area (Å²) >= 11 is 0. The van der Waals surface area contributed by atoms with Crippen LogP contribution >= 0.6 is 0 Å². The molecule has 0 aliphatic carbocycles. The molecule has 4 rings (SSSR count). The van der Waals surface area contributed by atoms with Crippen LogP contribution in [0.4, 0.5) is 24.7 Å². The van der Waals surface area contributed by atoms with Crippen LogP contribution in [-0.4, -0.2) is 39.2 Å². The van der Waals surface area contributed by atoms with E-state index in [1.807, 2.05) is 0 Å². The van der Waals surface area contributed by atoms with Gasteiger partial charge in [0, 0.05) is 11.9 Å². The van der Waals surface area contributed by atoms with Crippen LogP contribution in [0, 0.1) is 0 Å². The van der Waals surface area contributed by atoms with Gasteiger partial charge >= 0.3 is 6.18 Å². The maximum atomic E-state index is 13.1. The third-order valence-electron chi connectivity index (χ3n) is 4.36. The monoisotopic (exact) mass is 376 g/mol. The van der Waals surface area contributed by atoms with E-state index >= 15 is 0 Å². The first kappa shape index (κ1) is 17.3. The number of benzene rings is 1. The normalized spacial score (nSPS) is 14.3. The number of hydrogen-bond acceptors (Lipinski definition) is 5. The molecule has 0 saturated carbocycles. The SMILES string of the molecule is O=C(CNc1nc(C(F)(F)F)nc2ccccc12)N1CCCc2[nH]ncc21. The fourth-order valence-corrected chi connectivity index (χ4v) is 3.11. The maximum absolute atomic E-state index is 13.1. The Hall–Kier alpha value is -3.17. The summed E-state index contributed by atoms with van der Waals surface area (Å²) in [7, 11) is 0. The van der Waals surface area contributed by atoms with E-state index in [1.165, 1.54) is 6.07 Å². The van der Waals surface area contributed by atoms with E-state index in [2.05, 4.69) is 25.5 Å². The predicted molar refractivity (Wildman–Crippen MR) is 92.3 cm³/mol. The highest BCUT2D eigenvalue weighted by molar-refractivity contribution is 5.98. The molecule has 2 aromatic heterocycles. The number of nitrogens with zero attached hydrogens (tertiary/aromatic N) is 4.